The quantitative estimate of drug-likeness (QED) is 0.441. The molecule has 0 aliphatic carbocycles. The van der Waals surface area contributed by atoms with E-state index in [1.807, 2.05) is 0 Å². The molecular formula is C6H11ClN2O3. The van der Waals surface area contributed by atoms with Crippen molar-refractivity contribution in [3.8, 4) is 0 Å². The standard InChI is InChI=1S/C6H8N2O2.ClH.H2O/c9-5-3-1-7-2-4(3)6(10)8-5;;/h3-4,7H,1-2H2,(H,8,9,10);1H;1H2/t3-,4+;;. The molecule has 2 saturated heterocycles. The van der Waals surface area contributed by atoms with E-state index >= 15 is 0 Å². The van der Waals surface area contributed by atoms with Crippen LogP contribution >= 0.6 is 12.4 Å². The second-order valence-electron chi connectivity index (χ2n) is 2.72. The smallest absolute Gasteiger partial charge is 0.231 e. The maximum Gasteiger partial charge on any atom is 0.231 e. The van der Waals surface area contributed by atoms with Gasteiger partial charge in [-0.05, 0) is 0 Å². The first kappa shape index (κ1) is 11.4. The second-order valence-corrected chi connectivity index (χ2v) is 2.72. The van der Waals surface area contributed by atoms with Crippen molar-refractivity contribution >= 4 is 24.2 Å². The molecule has 0 aromatic heterocycles. The summed E-state index contributed by atoms with van der Waals surface area (Å²) < 4.78 is 0. The van der Waals surface area contributed by atoms with Crippen LogP contribution in [0.3, 0.4) is 0 Å². The minimum absolute atomic E-state index is 0. The zero-order valence-corrected chi connectivity index (χ0v) is 7.11. The van der Waals surface area contributed by atoms with E-state index in [9.17, 15) is 9.59 Å². The van der Waals surface area contributed by atoms with Crippen LogP contribution in [0.25, 0.3) is 0 Å². The molecule has 0 spiro atoms. The van der Waals surface area contributed by atoms with Gasteiger partial charge in [0.05, 0.1) is 11.8 Å². The second kappa shape index (κ2) is 3.84. The third kappa shape index (κ3) is 1.43. The van der Waals surface area contributed by atoms with Gasteiger partial charge in [0.1, 0.15) is 0 Å². The van der Waals surface area contributed by atoms with E-state index in [1.165, 1.54) is 0 Å². The van der Waals surface area contributed by atoms with Gasteiger partial charge in [0.2, 0.25) is 11.8 Å². The van der Waals surface area contributed by atoms with Gasteiger partial charge in [0.25, 0.3) is 0 Å². The number of rotatable bonds is 0. The fraction of sp³-hybridized carbons (Fsp3) is 0.667. The predicted molar refractivity (Wildman–Crippen MR) is 43.9 cm³/mol. The van der Waals surface area contributed by atoms with Crippen molar-refractivity contribution in [3.05, 3.63) is 0 Å². The topological polar surface area (TPSA) is 89.7 Å². The van der Waals surface area contributed by atoms with Gasteiger partial charge < -0.3 is 10.8 Å². The monoisotopic (exact) mass is 194 g/mol. The van der Waals surface area contributed by atoms with E-state index in [2.05, 4.69) is 10.6 Å². The van der Waals surface area contributed by atoms with Gasteiger partial charge >= 0.3 is 0 Å². The van der Waals surface area contributed by atoms with Gasteiger partial charge in [0.15, 0.2) is 0 Å². The van der Waals surface area contributed by atoms with Crippen LogP contribution in [0, 0.1) is 11.8 Å². The van der Waals surface area contributed by atoms with Crippen molar-refractivity contribution in [2.24, 2.45) is 11.8 Å². The number of fused-ring (bicyclic) bond motifs is 1. The maximum atomic E-state index is 10.9. The Bertz CT molecular complexity index is 189. The van der Waals surface area contributed by atoms with Crippen molar-refractivity contribution in [1.82, 2.24) is 10.6 Å². The molecule has 0 aromatic carbocycles. The fourth-order valence-electron chi connectivity index (χ4n) is 1.54. The van der Waals surface area contributed by atoms with Crippen LogP contribution in [-0.4, -0.2) is 30.4 Å². The van der Waals surface area contributed by atoms with E-state index < -0.39 is 0 Å². The average Bonchev–Trinajstić information content (AvgIpc) is 2.39. The minimum Gasteiger partial charge on any atom is -0.412 e. The summed E-state index contributed by atoms with van der Waals surface area (Å²) in [6.45, 7) is 1.31. The van der Waals surface area contributed by atoms with Crippen molar-refractivity contribution in [2.75, 3.05) is 13.1 Å². The van der Waals surface area contributed by atoms with E-state index in [0.717, 1.165) is 0 Å². The van der Waals surface area contributed by atoms with Crippen LogP contribution in [0.2, 0.25) is 0 Å². The molecule has 0 radical (unpaired) electrons. The van der Waals surface area contributed by atoms with E-state index in [1.54, 1.807) is 0 Å². The Balaban J connectivity index is 0.000000605. The maximum absolute atomic E-state index is 10.9. The Morgan fingerprint density at radius 2 is 1.50 bits per heavy atom. The molecule has 2 rings (SSSR count). The van der Waals surface area contributed by atoms with Gasteiger partial charge in [-0.15, -0.1) is 12.4 Å². The Hall–Kier alpha value is -0.650. The average molecular weight is 195 g/mol. The zero-order valence-electron chi connectivity index (χ0n) is 6.29. The lowest BCUT2D eigenvalue weighted by Gasteiger charge is -1.97. The summed E-state index contributed by atoms with van der Waals surface area (Å²) in [5.41, 5.74) is 0. The lowest BCUT2D eigenvalue weighted by atomic mass is 10.00. The zero-order chi connectivity index (χ0) is 7.14. The molecule has 12 heavy (non-hydrogen) atoms. The highest BCUT2D eigenvalue weighted by molar-refractivity contribution is 6.05. The Kier molecular flexibility index (Phi) is 3.63. The Morgan fingerprint density at radius 3 is 1.92 bits per heavy atom. The number of halogens is 1. The molecule has 5 nitrogen and oxygen atoms in total. The number of imide groups is 1. The van der Waals surface area contributed by atoms with Crippen molar-refractivity contribution in [1.29, 1.82) is 0 Å². The van der Waals surface area contributed by atoms with E-state index in [0.29, 0.717) is 13.1 Å². The van der Waals surface area contributed by atoms with Gasteiger partial charge in [-0.3, -0.25) is 14.9 Å². The van der Waals surface area contributed by atoms with Crippen LogP contribution in [0.1, 0.15) is 0 Å². The third-order valence-electron chi connectivity index (χ3n) is 2.13. The van der Waals surface area contributed by atoms with Crippen LogP contribution in [0.15, 0.2) is 0 Å². The molecule has 2 aliphatic heterocycles. The van der Waals surface area contributed by atoms with Crippen LogP contribution in [0.4, 0.5) is 0 Å². The number of hydrogen-bond acceptors (Lipinski definition) is 3. The van der Waals surface area contributed by atoms with E-state index in [4.69, 9.17) is 0 Å². The summed E-state index contributed by atoms with van der Waals surface area (Å²) in [4.78, 5) is 21.8. The summed E-state index contributed by atoms with van der Waals surface area (Å²) in [5.74, 6) is -0.403. The molecule has 2 aliphatic rings. The highest BCUT2D eigenvalue weighted by atomic mass is 35.5. The van der Waals surface area contributed by atoms with Gasteiger partial charge in [0, 0.05) is 13.1 Å². The Morgan fingerprint density at radius 1 is 1.08 bits per heavy atom. The van der Waals surface area contributed by atoms with Crippen LogP contribution in [-0.2, 0) is 9.59 Å². The normalized spacial score (nSPS) is 31.7. The molecule has 70 valence electrons. The summed E-state index contributed by atoms with van der Waals surface area (Å²) in [7, 11) is 0. The molecule has 6 heteroatoms. The van der Waals surface area contributed by atoms with Crippen molar-refractivity contribution < 1.29 is 15.1 Å². The van der Waals surface area contributed by atoms with E-state index in [-0.39, 0.29) is 41.5 Å². The lowest BCUT2D eigenvalue weighted by molar-refractivity contribution is -0.126. The molecule has 0 aromatic rings. The first-order valence-electron chi connectivity index (χ1n) is 3.34. The van der Waals surface area contributed by atoms with Crippen molar-refractivity contribution in [2.45, 2.75) is 0 Å². The first-order valence-corrected chi connectivity index (χ1v) is 3.34. The number of hydrogen-bond donors (Lipinski definition) is 2. The number of carbonyl (C=O) groups is 2. The summed E-state index contributed by atoms with van der Waals surface area (Å²) in [5, 5.41) is 5.30. The molecule has 2 atom stereocenters. The summed E-state index contributed by atoms with van der Waals surface area (Å²) >= 11 is 0. The van der Waals surface area contributed by atoms with Crippen LogP contribution in [0.5, 0.6) is 0 Å². The highest BCUT2D eigenvalue weighted by Gasteiger charge is 2.44. The van der Waals surface area contributed by atoms with Gasteiger partial charge in [-0.1, -0.05) is 0 Å². The minimum atomic E-state index is -0.111. The molecule has 2 amide bonds. The fourth-order valence-corrected chi connectivity index (χ4v) is 1.54. The molecule has 4 N–H and O–H groups in total. The summed E-state index contributed by atoms with van der Waals surface area (Å²) in [6, 6.07) is 0. The van der Waals surface area contributed by atoms with Crippen molar-refractivity contribution in [3.63, 3.8) is 0 Å². The predicted octanol–water partition coefficient (Wildman–Crippen LogP) is -1.92. The molecule has 0 bridgehead atoms. The molecule has 0 saturated carbocycles. The highest BCUT2D eigenvalue weighted by Crippen LogP contribution is 2.21. The molecule has 0 unspecified atom stereocenters. The SMILES string of the molecule is Cl.O.O=C1NC(=O)[C@@H]2CNC[C@H]12. The van der Waals surface area contributed by atoms with Gasteiger partial charge in [-0.25, -0.2) is 0 Å². The number of amides is 2. The first-order chi connectivity index (χ1) is 4.79. The lowest BCUT2D eigenvalue weighted by Crippen LogP contribution is -2.28. The van der Waals surface area contributed by atoms with Gasteiger partial charge in [-0.2, -0.15) is 0 Å². The molecule has 2 fully saturated rings. The molecular weight excluding hydrogens is 184 g/mol. The number of nitrogens with one attached hydrogen (secondary N) is 2. The summed E-state index contributed by atoms with van der Waals surface area (Å²) in [6.07, 6.45) is 0. The van der Waals surface area contributed by atoms with Crippen LogP contribution < -0.4 is 10.6 Å². The third-order valence-corrected chi connectivity index (χ3v) is 2.13. The Labute approximate surface area is 75.6 Å². The largest absolute Gasteiger partial charge is 0.412 e. The molecule has 2 heterocycles. The number of carbonyl (C=O) groups excluding carboxylic acids is 2.